The molecule has 1 unspecified atom stereocenters. The number of amides is 2. The van der Waals surface area contributed by atoms with Gasteiger partial charge in [0.2, 0.25) is 11.8 Å². The van der Waals surface area contributed by atoms with Crippen LogP contribution in [-0.4, -0.2) is 52.4 Å². The minimum atomic E-state index is -0.225. The minimum Gasteiger partial charge on any atom is -0.369 e. The molecular weight excluding hydrogens is 370 g/mol. The standard InChI is InChI=1S/C21H29N5O3/c1-15-5-2-7-17-19(15)24-14-26(21(17)29)12-8-18(27)23-9-4-11-25-10-3-6-16(13-25)20(22)28/h2,5,7,14,16H,3-4,6,8-13H2,1H3,(H2,22,28)(H,23,27). The fraction of sp³-hybridized carbons (Fsp3) is 0.524. The molecule has 1 aliphatic heterocycles. The summed E-state index contributed by atoms with van der Waals surface area (Å²) in [6.07, 6.45) is 4.40. The van der Waals surface area contributed by atoms with E-state index in [0.717, 1.165) is 37.9 Å². The SMILES string of the molecule is Cc1cccc2c(=O)n(CCC(=O)NCCCN3CCCC(C(N)=O)C3)cnc12. The van der Waals surface area contributed by atoms with E-state index in [4.69, 9.17) is 5.73 Å². The zero-order valence-corrected chi connectivity index (χ0v) is 16.9. The zero-order valence-electron chi connectivity index (χ0n) is 16.9. The maximum atomic E-state index is 12.6. The molecule has 8 nitrogen and oxygen atoms in total. The van der Waals surface area contributed by atoms with Crippen molar-refractivity contribution < 1.29 is 9.59 Å². The second-order valence-corrected chi connectivity index (χ2v) is 7.71. The summed E-state index contributed by atoms with van der Waals surface area (Å²) in [6.45, 7) is 5.30. The number of likely N-dealkylation sites (tertiary alicyclic amines) is 1. The van der Waals surface area contributed by atoms with E-state index in [1.807, 2.05) is 19.1 Å². The van der Waals surface area contributed by atoms with Gasteiger partial charge in [-0.1, -0.05) is 12.1 Å². The number of hydrogen-bond donors (Lipinski definition) is 2. The highest BCUT2D eigenvalue weighted by Gasteiger charge is 2.23. The lowest BCUT2D eigenvalue weighted by molar-refractivity contribution is -0.123. The second kappa shape index (κ2) is 9.65. The summed E-state index contributed by atoms with van der Waals surface area (Å²) in [4.78, 5) is 42.6. The molecule has 0 radical (unpaired) electrons. The first kappa shape index (κ1) is 21.0. The number of fused-ring (bicyclic) bond motifs is 1. The number of para-hydroxylation sites is 1. The summed E-state index contributed by atoms with van der Waals surface area (Å²) in [5.74, 6) is -0.373. The molecular formula is C21H29N5O3. The average Bonchev–Trinajstić information content (AvgIpc) is 2.71. The van der Waals surface area contributed by atoms with Gasteiger partial charge in [0.05, 0.1) is 23.1 Å². The molecule has 1 atom stereocenters. The van der Waals surface area contributed by atoms with E-state index in [1.165, 1.54) is 10.9 Å². The zero-order chi connectivity index (χ0) is 20.8. The Hall–Kier alpha value is -2.74. The van der Waals surface area contributed by atoms with Crippen LogP contribution in [0.1, 0.15) is 31.2 Å². The number of nitrogens with zero attached hydrogens (tertiary/aromatic N) is 3. The van der Waals surface area contributed by atoms with Crippen molar-refractivity contribution in [3.8, 4) is 0 Å². The van der Waals surface area contributed by atoms with Gasteiger partial charge < -0.3 is 16.0 Å². The van der Waals surface area contributed by atoms with Crippen LogP contribution in [0.2, 0.25) is 0 Å². The topological polar surface area (TPSA) is 110 Å². The predicted molar refractivity (Wildman–Crippen MR) is 111 cm³/mol. The van der Waals surface area contributed by atoms with Crippen LogP contribution in [-0.2, 0) is 16.1 Å². The van der Waals surface area contributed by atoms with Crippen molar-refractivity contribution in [3.63, 3.8) is 0 Å². The lowest BCUT2D eigenvalue weighted by Gasteiger charge is -2.31. The Balaban J connectivity index is 1.41. The summed E-state index contributed by atoms with van der Waals surface area (Å²) in [7, 11) is 0. The number of hydrogen-bond acceptors (Lipinski definition) is 5. The summed E-state index contributed by atoms with van der Waals surface area (Å²) < 4.78 is 1.49. The molecule has 8 heteroatoms. The Bertz CT molecular complexity index is 940. The van der Waals surface area contributed by atoms with E-state index < -0.39 is 0 Å². The van der Waals surface area contributed by atoms with Gasteiger partial charge in [-0.2, -0.15) is 0 Å². The van der Waals surface area contributed by atoms with Crippen molar-refractivity contribution in [3.05, 3.63) is 40.4 Å². The number of rotatable bonds is 8. The van der Waals surface area contributed by atoms with Crippen molar-refractivity contribution in [1.82, 2.24) is 19.8 Å². The van der Waals surface area contributed by atoms with Crippen molar-refractivity contribution in [2.24, 2.45) is 11.7 Å². The third-order valence-corrected chi connectivity index (χ3v) is 5.52. The van der Waals surface area contributed by atoms with Gasteiger partial charge in [-0.05, 0) is 50.9 Å². The molecule has 1 aliphatic rings. The van der Waals surface area contributed by atoms with Crippen molar-refractivity contribution in [1.29, 1.82) is 0 Å². The maximum absolute atomic E-state index is 12.6. The Morgan fingerprint density at radius 1 is 1.31 bits per heavy atom. The number of benzene rings is 1. The molecule has 3 rings (SSSR count). The van der Waals surface area contributed by atoms with Crippen LogP contribution in [0, 0.1) is 12.8 Å². The molecule has 0 aliphatic carbocycles. The molecule has 156 valence electrons. The largest absolute Gasteiger partial charge is 0.369 e. The van der Waals surface area contributed by atoms with E-state index in [1.54, 1.807) is 6.07 Å². The summed E-state index contributed by atoms with van der Waals surface area (Å²) in [5, 5.41) is 3.47. The number of nitrogens with one attached hydrogen (secondary N) is 1. The highest BCUT2D eigenvalue weighted by atomic mass is 16.2. The molecule has 0 spiro atoms. The first-order chi connectivity index (χ1) is 14.0. The predicted octanol–water partition coefficient (Wildman–Crippen LogP) is 0.799. The Morgan fingerprint density at radius 3 is 2.93 bits per heavy atom. The third kappa shape index (κ3) is 5.41. The minimum absolute atomic E-state index is 0.0593. The number of aromatic nitrogens is 2. The van der Waals surface area contributed by atoms with Gasteiger partial charge in [-0.15, -0.1) is 0 Å². The average molecular weight is 399 g/mol. The highest BCUT2D eigenvalue weighted by molar-refractivity contribution is 5.80. The number of piperidine rings is 1. The van der Waals surface area contributed by atoms with Crippen LogP contribution < -0.4 is 16.6 Å². The quantitative estimate of drug-likeness (QED) is 0.638. The normalized spacial score (nSPS) is 17.3. The number of aryl methyl sites for hydroxylation is 2. The molecule has 1 aromatic heterocycles. The second-order valence-electron chi connectivity index (χ2n) is 7.71. The smallest absolute Gasteiger partial charge is 0.261 e. The lowest BCUT2D eigenvalue weighted by atomic mass is 9.97. The fourth-order valence-electron chi connectivity index (χ4n) is 3.83. The highest BCUT2D eigenvalue weighted by Crippen LogP contribution is 2.16. The van der Waals surface area contributed by atoms with Gasteiger partial charge in [0, 0.05) is 26.1 Å². The summed E-state index contributed by atoms with van der Waals surface area (Å²) in [5.41, 5.74) is 6.94. The Labute approximate surface area is 170 Å². The summed E-state index contributed by atoms with van der Waals surface area (Å²) in [6, 6.07) is 5.52. The molecule has 1 aromatic carbocycles. The van der Waals surface area contributed by atoms with Crippen LogP contribution >= 0.6 is 0 Å². The summed E-state index contributed by atoms with van der Waals surface area (Å²) >= 11 is 0. The molecule has 2 aromatic rings. The monoisotopic (exact) mass is 399 g/mol. The molecule has 0 saturated carbocycles. The van der Waals surface area contributed by atoms with Crippen molar-refractivity contribution >= 4 is 22.7 Å². The van der Waals surface area contributed by atoms with Gasteiger partial charge >= 0.3 is 0 Å². The number of primary amides is 1. The van der Waals surface area contributed by atoms with E-state index in [0.29, 0.717) is 30.5 Å². The Kier molecular flexibility index (Phi) is 6.98. The molecule has 2 amide bonds. The third-order valence-electron chi connectivity index (χ3n) is 5.52. The molecule has 29 heavy (non-hydrogen) atoms. The van der Waals surface area contributed by atoms with Gasteiger partial charge in [0.25, 0.3) is 5.56 Å². The molecule has 1 fully saturated rings. The number of nitrogens with two attached hydrogens (primary N) is 1. The van der Waals surface area contributed by atoms with Crippen molar-refractivity contribution in [2.45, 2.75) is 39.2 Å². The van der Waals surface area contributed by atoms with Crippen LogP contribution in [0.5, 0.6) is 0 Å². The van der Waals surface area contributed by atoms with Gasteiger partial charge in [-0.25, -0.2) is 4.98 Å². The lowest BCUT2D eigenvalue weighted by Crippen LogP contribution is -2.42. The van der Waals surface area contributed by atoms with Crippen LogP contribution in [0.15, 0.2) is 29.3 Å². The molecule has 1 saturated heterocycles. The molecule has 3 N–H and O–H groups in total. The first-order valence-electron chi connectivity index (χ1n) is 10.2. The molecule has 0 bridgehead atoms. The van der Waals surface area contributed by atoms with E-state index >= 15 is 0 Å². The number of carbonyl (C=O) groups is 2. The van der Waals surface area contributed by atoms with E-state index in [9.17, 15) is 14.4 Å². The molecule has 2 heterocycles. The maximum Gasteiger partial charge on any atom is 0.261 e. The first-order valence-corrected chi connectivity index (χ1v) is 10.2. The van der Waals surface area contributed by atoms with Gasteiger partial charge in [0.1, 0.15) is 0 Å². The van der Waals surface area contributed by atoms with Gasteiger partial charge in [-0.3, -0.25) is 19.0 Å². The van der Waals surface area contributed by atoms with E-state index in [2.05, 4.69) is 15.2 Å². The van der Waals surface area contributed by atoms with Crippen LogP contribution in [0.4, 0.5) is 0 Å². The Morgan fingerprint density at radius 2 is 2.14 bits per heavy atom. The van der Waals surface area contributed by atoms with E-state index in [-0.39, 0.29) is 29.7 Å². The van der Waals surface area contributed by atoms with Crippen molar-refractivity contribution in [2.75, 3.05) is 26.2 Å². The van der Waals surface area contributed by atoms with Crippen LogP contribution in [0.3, 0.4) is 0 Å². The van der Waals surface area contributed by atoms with Gasteiger partial charge in [0.15, 0.2) is 0 Å². The van der Waals surface area contributed by atoms with Crippen LogP contribution in [0.25, 0.3) is 10.9 Å². The fourth-order valence-corrected chi connectivity index (χ4v) is 3.83. The number of carbonyl (C=O) groups excluding carboxylic acids is 2.